The first-order valence-electron chi connectivity index (χ1n) is 10.1. The van der Waals surface area contributed by atoms with Crippen LogP contribution >= 0.6 is 0 Å². The summed E-state index contributed by atoms with van der Waals surface area (Å²) in [5.74, 6) is 0.414. The van der Waals surface area contributed by atoms with E-state index in [0.717, 1.165) is 38.6 Å². The Bertz CT molecular complexity index is 799. The zero-order valence-electron chi connectivity index (χ0n) is 17.0. The second kappa shape index (κ2) is 10.1. The number of carbonyl (C=O) groups excluding carboxylic acids is 2. The van der Waals surface area contributed by atoms with Crippen molar-refractivity contribution in [2.45, 2.75) is 38.1 Å². The molecule has 0 spiro atoms. The first kappa shape index (κ1) is 20.9. The third-order valence-corrected chi connectivity index (χ3v) is 5.27. The van der Waals surface area contributed by atoms with Gasteiger partial charge in [-0.3, -0.25) is 9.59 Å². The van der Waals surface area contributed by atoms with Crippen LogP contribution in [0, 0.1) is 5.92 Å². The Morgan fingerprint density at radius 1 is 1.17 bits per heavy atom. The van der Waals surface area contributed by atoms with E-state index >= 15 is 0 Å². The maximum absolute atomic E-state index is 12.8. The van der Waals surface area contributed by atoms with E-state index in [1.165, 1.54) is 0 Å². The standard InChI is InChI=1S/C20H29N7O2/c1-27(2)13-5-12-21-19(28)14-8-10-15(11-9-14)22-20(29)17-7-4-3-6-16(17)18-23-25-26-24-18/h3-4,6-7,14-15H,5,8-13H2,1-2H3,(H,21,28)(H,22,29)(H,23,24,25,26). The molecule has 0 unspecified atom stereocenters. The summed E-state index contributed by atoms with van der Waals surface area (Å²) >= 11 is 0. The Kier molecular flexibility index (Phi) is 7.29. The fourth-order valence-corrected chi connectivity index (χ4v) is 3.67. The van der Waals surface area contributed by atoms with Gasteiger partial charge in [-0.2, -0.15) is 5.21 Å². The van der Waals surface area contributed by atoms with Crippen molar-refractivity contribution in [1.29, 1.82) is 0 Å². The SMILES string of the molecule is CN(C)CCCNC(=O)C1CCC(NC(=O)c2ccccc2-c2nn[nH]n2)CC1. The van der Waals surface area contributed by atoms with Crippen LogP contribution in [0.15, 0.2) is 24.3 Å². The van der Waals surface area contributed by atoms with Crippen molar-refractivity contribution in [3.63, 3.8) is 0 Å². The summed E-state index contributed by atoms with van der Waals surface area (Å²) in [6, 6.07) is 7.28. The number of hydrogen-bond donors (Lipinski definition) is 3. The van der Waals surface area contributed by atoms with Crippen molar-refractivity contribution in [3.8, 4) is 11.4 Å². The van der Waals surface area contributed by atoms with Crippen molar-refractivity contribution in [3.05, 3.63) is 29.8 Å². The number of benzene rings is 1. The van der Waals surface area contributed by atoms with Gasteiger partial charge in [-0.25, -0.2) is 0 Å². The third kappa shape index (κ3) is 5.83. The van der Waals surface area contributed by atoms with Gasteiger partial charge in [0.05, 0.1) is 5.56 Å². The summed E-state index contributed by atoms with van der Waals surface area (Å²) < 4.78 is 0. The normalized spacial score (nSPS) is 19.1. The van der Waals surface area contributed by atoms with Gasteiger partial charge >= 0.3 is 0 Å². The lowest BCUT2D eigenvalue weighted by molar-refractivity contribution is -0.126. The van der Waals surface area contributed by atoms with E-state index in [1.807, 2.05) is 26.2 Å². The summed E-state index contributed by atoms with van der Waals surface area (Å²) in [5, 5.41) is 20.1. The highest BCUT2D eigenvalue weighted by Gasteiger charge is 2.27. The molecule has 1 saturated carbocycles. The van der Waals surface area contributed by atoms with Crippen LogP contribution in [0.3, 0.4) is 0 Å². The summed E-state index contributed by atoms with van der Waals surface area (Å²) in [6.07, 6.45) is 4.12. The van der Waals surface area contributed by atoms with Crippen LogP contribution in [0.4, 0.5) is 0 Å². The van der Waals surface area contributed by atoms with Crippen molar-refractivity contribution >= 4 is 11.8 Å². The van der Waals surface area contributed by atoms with E-state index in [9.17, 15) is 9.59 Å². The lowest BCUT2D eigenvalue weighted by Crippen LogP contribution is -2.41. The van der Waals surface area contributed by atoms with Gasteiger partial charge in [-0.1, -0.05) is 18.2 Å². The fraction of sp³-hybridized carbons (Fsp3) is 0.550. The maximum Gasteiger partial charge on any atom is 0.252 e. The molecule has 1 aromatic heterocycles. The molecule has 3 N–H and O–H groups in total. The number of H-pyrrole nitrogens is 1. The summed E-state index contributed by atoms with van der Waals surface area (Å²) in [4.78, 5) is 27.2. The van der Waals surface area contributed by atoms with Crippen LogP contribution in [0.2, 0.25) is 0 Å². The molecular formula is C20H29N7O2. The second-order valence-corrected chi connectivity index (χ2v) is 7.75. The Hall–Kier alpha value is -2.81. The Labute approximate surface area is 170 Å². The van der Waals surface area contributed by atoms with Gasteiger partial charge in [-0.15, -0.1) is 10.2 Å². The molecule has 0 bridgehead atoms. The second-order valence-electron chi connectivity index (χ2n) is 7.75. The van der Waals surface area contributed by atoms with Crippen LogP contribution < -0.4 is 10.6 Å². The summed E-state index contributed by atoms with van der Waals surface area (Å²) in [7, 11) is 4.05. The zero-order valence-corrected chi connectivity index (χ0v) is 17.0. The highest BCUT2D eigenvalue weighted by molar-refractivity contribution is 6.00. The monoisotopic (exact) mass is 399 g/mol. The fourth-order valence-electron chi connectivity index (χ4n) is 3.67. The molecule has 3 rings (SSSR count). The number of aromatic nitrogens is 4. The molecule has 0 aliphatic heterocycles. The van der Waals surface area contributed by atoms with Gasteiger partial charge in [0.15, 0.2) is 0 Å². The molecule has 1 aromatic carbocycles. The number of tetrazole rings is 1. The quantitative estimate of drug-likeness (QED) is 0.575. The van der Waals surface area contributed by atoms with E-state index < -0.39 is 0 Å². The van der Waals surface area contributed by atoms with Gasteiger partial charge in [0, 0.05) is 24.1 Å². The maximum atomic E-state index is 12.8. The Balaban J connectivity index is 1.48. The van der Waals surface area contributed by atoms with E-state index in [1.54, 1.807) is 12.1 Å². The molecule has 1 aliphatic rings. The highest BCUT2D eigenvalue weighted by atomic mass is 16.2. The van der Waals surface area contributed by atoms with Crippen LogP contribution in [0.25, 0.3) is 11.4 Å². The van der Waals surface area contributed by atoms with Crippen LogP contribution in [0.5, 0.6) is 0 Å². The molecule has 0 radical (unpaired) electrons. The minimum Gasteiger partial charge on any atom is -0.356 e. The van der Waals surface area contributed by atoms with Crippen molar-refractivity contribution < 1.29 is 9.59 Å². The molecule has 0 saturated heterocycles. The molecular weight excluding hydrogens is 370 g/mol. The average molecular weight is 399 g/mol. The summed E-state index contributed by atoms with van der Waals surface area (Å²) in [5.41, 5.74) is 1.17. The molecule has 1 heterocycles. The van der Waals surface area contributed by atoms with Crippen molar-refractivity contribution in [2.24, 2.45) is 5.92 Å². The van der Waals surface area contributed by atoms with Gasteiger partial charge in [0.25, 0.3) is 5.91 Å². The Morgan fingerprint density at radius 3 is 2.62 bits per heavy atom. The van der Waals surface area contributed by atoms with E-state index in [4.69, 9.17) is 0 Å². The molecule has 9 nitrogen and oxygen atoms in total. The first-order chi connectivity index (χ1) is 14.0. The number of hydrogen-bond acceptors (Lipinski definition) is 6. The lowest BCUT2D eigenvalue weighted by atomic mass is 9.85. The average Bonchev–Trinajstić information content (AvgIpc) is 3.26. The molecule has 156 valence electrons. The van der Waals surface area contributed by atoms with Gasteiger partial charge in [0.2, 0.25) is 11.7 Å². The number of aromatic amines is 1. The molecule has 1 fully saturated rings. The van der Waals surface area contributed by atoms with Crippen LogP contribution in [-0.4, -0.2) is 70.6 Å². The number of nitrogens with one attached hydrogen (secondary N) is 3. The van der Waals surface area contributed by atoms with E-state index in [-0.39, 0.29) is 23.8 Å². The first-order valence-corrected chi connectivity index (χ1v) is 10.1. The van der Waals surface area contributed by atoms with Gasteiger partial charge < -0.3 is 15.5 Å². The zero-order chi connectivity index (χ0) is 20.6. The molecule has 9 heteroatoms. The highest BCUT2D eigenvalue weighted by Crippen LogP contribution is 2.25. The van der Waals surface area contributed by atoms with E-state index in [0.29, 0.717) is 23.5 Å². The molecule has 29 heavy (non-hydrogen) atoms. The largest absolute Gasteiger partial charge is 0.356 e. The predicted octanol–water partition coefficient (Wildman–Crippen LogP) is 1.22. The molecule has 0 atom stereocenters. The minimum atomic E-state index is -0.151. The molecule has 2 amide bonds. The number of amides is 2. The lowest BCUT2D eigenvalue weighted by Gasteiger charge is -2.28. The smallest absolute Gasteiger partial charge is 0.252 e. The predicted molar refractivity (Wildman–Crippen MR) is 109 cm³/mol. The number of nitrogens with zero attached hydrogens (tertiary/aromatic N) is 4. The molecule has 1 aliphatic carbocycles. The van der Waals surface area contributed by atoms with Crippen LogP contribution in [-0.2, 0) is 4.79 Å². The van der Waals surface area contributed by atoms with Gasteiger partial charge in [0.1, 0.15) is 0 Å². The Morgan fingerprint density at radius 2 is 1.93 bits per heavy atom. The third-order valence-electron chi connectivity index (χ3n) is 5.27. The van der Waals surface area contributed by atoms with Crippen molar-refractivity contribution in [1.82, 2.24) is 36.2 Å². The topological polar surface area (TPSA) is 116 Å². The van der Waals surface area contributed by atoms with Gasteiger partial charge in [-0.05, 0) is 64.0 Å². The van der Waals surface area contributed by atoms with Crippen LogP contribution in [0.1, 0.15) is 42.5 Å². The van der Waals surface area contributed by atoms with Crippen molar-refractivity contribution in [2.75, 3.05) is 27.2 Å². The number of rotatable bonds is 8. The van der Waals surface area contributed by atoms with E-state index in [2.05, 4.69) is 36.2 Å². The summed E-state index contributed by atoms with van der Waals surface area (Å²) in [6.45, 7) is 1.67. The molecule has 2 aromatic rings. The number of carbonyl (C=O) groups is 2. The minimum absolute atomic E-state index is 0.0362.